The molecule has 0 atom stereocenters. The zero-order chi connectivity index (χ0) is 14.1. The van der Waals surface area contributed by atoms with Crippen molar-refractivity contribution in [2.45, 2.75) is 6.54 Å². The van der Waals surface area contributed by atoms with Crippen molar-refractivity contribution in [3.05, 3.63) is 58.6 Å². The van der Waals surface area contributed by atoms with Crippen LogP contribution in [0.1, 0.15) is 5.56 Å². The van der Waals surface area contributed by atoms with Gasteiger partial charge >= 0.3 is 0 Å². The Morgan fingerprint density at radius 1 is 1.00 bits per heavy atom. The number of hydrogen-bond donors (Lipinski definition) is 1. The number of fused-ring (bicyclic) bond motifs is 1. The highest BCUT2D eigenvalue weighted by molar-refractivity contribution is 9.10. The first-order valence-electron chi connectivity index (χ1n) is 6.65. The quantitative estimate of drug-likeness (QED) is 0.740. The zero-order valence-electron chi connectivity index (χ0n) is 11.7. The smallest absolute Gasteiger partial charge is 0.0510 e. The van der Waals surface area contributed by atoms with Gasteiger partial charge in [0.05, 0.1) is 5.69 Å². The van der Waals surface area contributed by atoms with Gasteiger partial charge in [-0.3, -0.25) is 0 Å². The van der Waals surface area contributed by atoms with E-state index < -0.39 is 0 Å². The number of aromatic amines is 1. The van der Waals surface area contributed by atoms with Crippen LogP contribution in [0.2, 0.25) is 0 Å². The molecule has 1 aromatic heterocycles. The first-order chi connectivity index (χ1) is 9.65. The van der Waals surface area contributed by atoms with Crippen molar-refractivity contribution in [1.29, 1.82) is 0 Å². The number of aromatic nitrogens is 1. The normalized spacial score (nSPS) is 11.4. The van der Waals surface area contributed by atoms with Gasteiger partial charge in [0.25, 0.3) is 0 Å². The van der Waals surface area contributed by atoms with Gasteiger partial charge < -0.3 is 9.88 Å². The predicted octanol–water partition coefficient (Wildman–Crippen LogP) is 4.66. The summed E-state index contributed by atoms with van der Waals surface area (Å²) in [6.45, 7) is 0.926. The highest BCUT2D eigenvalue weighted by atomic mass is 79.9. The Bertz CT molecular complexity index is 726. The summed E-state index contributed by atoms with van der Waals surface area (Å²) in [6, 6.07) is 17.0. The molecule has 0 aliphatic rings. The van der Waals surface area contributed by atoms with Gasteiger partial charge in [-0.15, -0.1) is 0 Å². The lowest BCUT2D eigenvalue weighted by Gasteiger charge is -2.11. The number of halogens is 1. The molecule has 1 N–H and O–H groups in total. The third-order valence-electron chi connectivity index (χ3n) is 3.42. The van der Waals surface area contributed by atoms with E-state index in [4.69, 9.17) is 0 Å². The number of rotatable bonds is 3. The number of para-hydroxylation sites is 1. The lowest BCUT2D eigenvalue weighted by molar-refractivity contribution is 0.404. The first kappa shape index (κ1) is 13.4. The highest BCUT2D eigenvalue weighted by Gasteiger charge is 2.13. The maximum atomic E-state index is 3.56. The van der Waals surface area contributed by atoms with Crippen LogP contribution in [0.3, 0.4) is 0 Å². The fourth-order valence-electron chi connectivity index (χ4n) is 2.54. The van der Waals surface area contributed by atoms with Gasteiger partial charge in [-0.25, -0.2) is 0 Å². The number of benzene rings is 2. The third-order valence-corrected chi connectivity index (χ3v) is 3.95. The second-order valence-corrected chi connectivity index (χ2v) is 6.18. The third kappa shape index (κ3) is 2.51. The zero-order valence-corrected chi connectivity index (χ0v) is 13.2. The second-order valence-electron chi connectivity index (χ2n) is 5.27. The van der Waals surface area contributed by atoms with E-state index in [1.54, 1.807) is 0 Å². The maximum Gasteiger partial charge on any atom is 0.0510 e. The Hall–Kier alpha value is -1.58. The molecule has 3 heteroatoms. The van der Waals surface area contributed by atoms with Crippen LogP contribution in [-0.4, -0.2) is 24.0 Å². The summed E-state index contributed by atoms with van der Waals surface area (Å²) in [5, 5.41) is 1.30. The Morgan fingerprint density at radius 2 is 1.70 bits per heavy atom. The van der Waals surface area contributed by atoms with Crippen molar-refractivity contribution in [2.75, 3.05) is 14.1 Å². The van der Waals surface area contributed by atoms with E-state index in [-0.39, 0.29) is 0 Å². The molecule has 0 spiro atoms. The Balaban J connectivity index is 2.20. The molecular weight excluding hydrogens is 312 g/mol. The van der Waals surface area contributed by atoms with Gasteiger partial charge in [0, 0.05) is 21.9 Å². The minimum Gasteiger partial charge on any atom is -0.354 e. The van der Waals surface area contributed by atoms with E-state index in [1.807, 2.05) is 0 Å². The van der Waals surface area contributed by atoms with Crippen LogP contribution in [0.25, 0.3) is 22.2 Å². The Kier molecular flexibility index (Phi) is 3.64. The van der Waals surface area contributed by atoms with Crippen LogP contribution in [0, 0.1) is 0 Å². The minimum absolute atomic E-state index is 0.926. The van der Waals surface area contributed by atoms with Gasteiger partial charge in [-0.2, -0.15) is 0 Å². The fraction of sp³-hybridized carbons (Fsp3) is 0.176. The molecule has 20 heavy (non-hydrogen) atoms. The van der Waals surface area contributed by atoms with Crippen LogP contribution >= 0.6 is 15.9 Å². The molecule has 0 bridgehead atoms. The molecule has 3 rings (SSSR count). The van der Waals surface area contributed by atoms with Gasteiger partial charge in [0.2, 0.25) is 0 Å². The summed E-state index contributed by atoms with van der Waals surface area (Å²) in [7, 11) is 4.21. The van der Waals surface area contributed by atoms with Crippen molar-refractivity contribution in [3.63, 3.8) is 0 Å². The molecule has 0 fully saturated rings. The molecule has 2 aromatic carbocycles. The average molecular weight is 329 g/mol. The van der Waals surface area contributed by atoms with E-state index in [9.17, 15) is 0 Å². The molecule has 0 aliphatic carbocycles. The number of nitrogens with one attached hydrogen (secondary N) is 1. The second kappa shape index (κ2) is 5.43. The number of hydrogen-bond acceptors (Lipinski definition) is 1. The van der Waals surface area contributed by atoms with E-state index in [1.165, 1.54) is 27.7 Å². The molecule has 2 nitrogen and oxygen atoms in total. The summed E-state index contributed by atoms with van der Waals surface area (Å²) in [6.07, 6.45) is 0. The summed E-state index contributed by atoms with van der Waals surface area (Å²) in [4.78, 5) is 5.77. The summed E-state index contributed by atoms with van der Waals surface area (Å²) in [5.74, 6) is 0. The lowest BCUT2D eigenvalue weighted by atomic mass is 10.1. The first-order valence-corrected chi connectivity index (χ1v) is 7.44. The Morgan fingerprint density at radius 3 is 2.40 bits per heavy atom. The van der Waals surface area contributed by atoms with Crippen molar-refractivity contribution in [2.24, 2.45) is 0 Å². The van der Waals surface area contributed by atoms with Crippen molar-refractivity contribution >= 4 is 26.8 Å². The largest absolute Gasteiger partial charge is 0.354 e. The molecular formula is C17H17BrN2. The lowest BCUT2D eigenvalue weighted by Crippen LogP contribution is -2.11. The highest BCUT2D eigenvalue weighted by Crippen LogP contribution is 2.31. The Labute approximate surface area is 127 Å². The van der Waals surface area contributed by atoms with Crippen molar-refractivity contribution in [3.8, 4) is 11.3 Å². The summed E-state index contributed by atoms with van der Waals surface area (Å²) >= 11 is 3.49. The molecule has 0 radical (unpaired) electrons. The van der Waals surface area contributed by atoms with E-state index in [0.717, 1.165) is 11.0 Å². The fourth-order valence-corrected chi connectivity index (χ4v) is 2.81. The monoisotopic (exact) mass is 328 g/mol. The van der Waals surface area contributed by atoms with Crippen LogP contribution in [0.4, 0.5) is 0 Å². The number of H-pyrrole nitrogens is 1. The SMILES string of the molecule is CN(C)Cc1c(-c2ccc(Br)cc2)[nH]c2ccccc12. The van der Waals surface area contributed by atoms with Gasteiger partial charge in [-0.1, -0.05) is 46.3 Å². The van der Waals surface area contributed by atoms with Crippen LogP contribution < -0.4 is 0 Å². The van der Waals surface area contributed by atoms with Crippen molar-refractivity contribution in [1.82, 2.24) is 9.88 Å². The van der Waals surface area contributed by atoms with Crippen molar-refractivity contribution < 1.29 is 0 Å². The standard InChI is InChI=1S/C17H17BrN2/c1-20(2)11-15-14-5-3-4-6-16(14)19-17(15)12-7-9-13(18)10-8-12/h3-10,19H,11H2,1-2H3. The predicted molar refractivity (Wildman–Crippen MR) is 88.8 cm³/mol. The average Bonchev–Trinajstić information content (AvgIpc) is 2.78. The molecule has 0 amide bonds. The van der Waals surface area contributed by atoms with E-state index >= 15 is 0 Å². The molecule has 0 saturated heterocycles. The van der Waals surface area contributed by atoms with E-state index in [2.05, 4.69) is 88.4 Å². The van der Waals surface area contributed by atoms with Gasteiger partial charge in [0.15, 0.2) is 0 Å². The van der Waals surface area contributed by atoms with Crippen LogP contribution in [0.5, 0.6) is 0 Å². The summed E-state index contributed by atoms with van der Waals surface area (Å²) < 4.78 is 1.10. The van der Waals surface area contributed by atoms with Crippen LogP contribution in [-0.2, 0) is 6.54 Å². The molecule has 0 saturated carbocycles. The molecule has 0 aliphatic heterocycles. The van der Waals surface area contributed by atoms with Gasteiger partial charge in [0.1, 0.15) is 0 Å². The summed E-state index contributed by atoms with van der Waals surface area (Å²) in [5.41, 5.74) is 4.99. The topological polar surface area (TPSA) is 19.0 Å². The molecule has 1 heterocycles. The number of nitrogens with zero attached hydrogens (tertiary/aromatic N) is 1. The van der Waals surface area contributed by atoms with Gasteiger partial charge in [-0.05, 0) is 43.4 Å². The van der Waals surface area contributed by atoms with E-state index in [0.29, 0.717) is 0 Å². The molecule has 102 valence electrons. The maximum absolute atomic E-state index is 3.56. The minimum atomic E-state index is 0.926. The molecule has 0 unspecified atom stereocenters. The van der Waals surface area contributed by atoms with Crippen LogP contribution in [0.15, 0.2) is 53.0 Å². The molecule has 3 aromatic rings.